The maximum Gasteiger partial charge on any atom is 0.257 e. The van der Waals surface area contributed by atoms with Crippen LogP contribution in [0.1, 0.15) is 13.8 Å². The van der Waals surface area contributed by atoms with Gasteiger partial charge in [-0.15, -0.1) is 12.4 Å². The Hall–Kier alpha value is -1.33. The average Bonchev–Trinajstić information content (AvgIpc) is 2.43. The van der Waals surface area contributed by atoms with Crippen molar-refractivity contribution in [2.45, 2.75) is 13.8 Å². The molecule has 0 radical (unpaired) electrons. The van der Waals surface area contributed by atoms with Gasteiger partial charge in [0.05, 0.1) is 0 Å². The summed E-state index contributed by atoms with van der Waals surface area (Å²) in [6, 6.07) is 5.60. The third kappa shape index (κ3) is 7.31. The van der Waals surface area contributed by atoms with Gasteiger partial charge in [-0.3, -0.25) is 4.79 Å². The standard InChI is InChI=1S/C14H21FN2O2.ClH/c1-3-17(4-2)10-9-16-14(18)11-19-13-7-5-12(15)6-8-13;/h5-8H,3-4,9-11H2,1-2H3,(H,16,18);1H. The number of nitrogens with zero attached hydrogens (tertiary/aromatic N) is 1. The molecule has 0 fully saturated rings. The van der Waals surface area contributed by atoms with Crippen molar-refractivity contribution in [3.05, 3.63) is 30.1 Å². The predicted octanol–water partition coefficient (Wildman–Crippen LogP) is 2.08. The van der Waals surface area contributed by atoms with E-state index in [1.54, 1.807) is 0 Å². The zero-order chi connectivity index (χ0) is 14.1. The lowest BCUT2D eigenvalue weighted by atomic mass is 10.3. The summed E-state index contributed by atoms with van der Waals surface area (Å²) in [5, 5.41) is 2.78. The molecule has 114 valence electrons. The first-order valence-corrected chi connectivity index (χ1v) is 6.53. The lowest BCUT2D eigenvalue weighted by Gasteiger charge is -2.17. The minimum absolute atomic E-state index is 0. The zero-order valence-electron chi connectivity index (χ0n) is 11.9. The van der Waals surface area contributed by atoms with E-state index in [4.69, 9.17) is 4.74 Å². The summed E-state index contributed by atoms with van der Waals surface area (Å²) >= 11 is 0. The second kappa shape index (κ2) is 10.5. The van der Waals surface area contributed by atoms with Gasteiger partial charge in [0, 0.05) is 13.1 Å². The maximum atomic E-state index is 12.7. The van der Waals surface area contributed by atoms with Crippen LogP contribution in [0.2, 0.25) is 0 Å². The third-order valence-electron chi connectivity index (χ3n) is 2.83. The quantitative estimate of drug-likeness (QED) is 0.799. The molecule has 0 atom stereocenters. The van der Waals surface area contributed by atoms with Crippen LogP contribution in [0, 0.1) is 5.82 Å². The molecule has 0 aliphatic heterocycles. The minimum atomic E-state index is -0.323. The summed E-state index contributed by atoms with van der Waals surface area (Å²) in [6.45, 7) is 7.50. The predicted molar refractivity (Wildman–Crippen MR) is 79.9 cm³/mol. The minimum Gasteiger partial charge on any atom is -0.484 e. The number of rotatable bonds is 8. The van der Waals surface area contributed by atoms with Gasteiger partial charge in [0.1, 0.15) is 11.6 Å². The topological polar surface area (TPSA) is 41.6 Å². The largest absolute Gasteiger partial charge is 0.484 e. The van der Waals surface area contributed by atoms with Crippen molar-refractivity contribution < 1.29 is 13.9 Å². The number of hydrogen-bond donors (Lipinski definition) is 1. The van der Waals surface area contributed by atoms with Gasteiger partial charge in [-0.2, -0.15) is 0 Å². The van der Waals surface area contributed by atoms with Gasteiger partial charge in [0.25, 0.3) is 5.91 Å². The highest BCUT2D eigenvalue weighted by Crippen LogP contribution is 2.10. The molecule has 0 saturated heterocycles. The summed E-state index contributed by atoms with van der Waals surface area (Å²) in [4.78, 5) is 13.7. The second-order valence-electron chi connectivity index (χ2n) is 4.12. The fourth-order valence-electron chi connectivity index (χ4n) is 1.62. The highest BCUT2D eigenvalue weighted by Gasteiger charge is 2.04. The number of likely N-dealkylation sites (N-methyl/N-ethyl adjacent to an activating group) is 1. The lowest BCUT2D eigenvalue weighted by molar-refractivity contribution is -0.123. The molecule has 0 aliphatic rings. The van der Waals surface area contributed by atoms with Crippen LogP contribution in [0.5, 0.6) is 5.75 Å². The summed E-state index contributed by atoms with van der Waals surface area (Å²) in [5.41, 5.74) is 0. The number of ether oxygens (including phenoxy) is 1. The number of benzene rings is 1. The van der Waals surface area contributed by atoms with Crippen LogP contribution in [-0.4, -0.2) is 43.6 Å². The molecular formula is C14H22ClFN2O2. The molecule has 1 aromatic carbocycles. The van der Waals surface area contributed by atoms with Crippen molar-refractivity contribution >= 4 is 18.3 Å². The van der Waals surface area contributed by atoms with Crippen LogP contribution in [0.4, 0.5) is 4.39 Å². The van der Waals surface area contributed by atoms with Crippen LogP contribution >= 0.6 is 12.4 Å². The van der Waals surface area contributed by atoms with Crippen molar-refractivity contribution in [2.75, 3.05) is 32.8 Å². The molecule has 0 aliphatic carbocycles. The van der Waals surface area contributed by atoms with Gasteiger partial charge in [-0.05, 0) is 37.4 Å². The van der Waals surface area contributed by atoms with Crippen LogP contribution in [-0.2, 0) is 4.79 Å². The first kappa shape index (κ1) is 18.7. The third-order valence-corrected chi connectivity index (χ3v) is 2.83. The van der Waals surface area contributed by atoms with Gasteiger partial charge >= 0.3 is 0 Å². The molecule has 0 aromatic heterocycles. The molecule has 1 rings (SSSR count). The number of halogens is 2. The molecule has 1 aromatic rings. The highest BCUT2D eigenvalue weighted by atomic mass is 35.5. The molecule has 0 spiro atoms. The van der Waals surface area contributed by atoms with Gasteiger partial charge in [-0.25, -0.2) is 4.39 Å². The summed E-state index contributed by atoms with van der Waals surface area (Å²) in [5.74, 6) is -0.00667. The van der Waals surface area contributed by atoms with E-state index in [-0.39, 0.29) is 30.7 Å². The zero-order valence-corrected chi connectivity index (χ0v) is 12.7. The number of nitrogens with one attached hydrogen (secondary N) is 1. The Balaban J connectivity index is 0.00000361. The Bertz CT molecular complexity index is 383. The van der Waals surface area contributed by atoms with Crippen molar-refractivity contribution in [3.8, 4) is 5.75 Å². The van der Waals surface area contributed by atoms with Crippen LogP contribution in [0.3, 0.4) is 0 Å². The maximum absolute atomic E-state index is 12.7. The molecule has 0 saturated carbocycles. The van der Waals surface area contributed by atoms with E-state index in [0.29, 0.717) is 12.3 Å². The van der Waals surface area contributed by atoms with E-state index >= 15 is 0 Å². The Labute approximate surface area is 125 Å². The lowest BCUT2D eigenvalue weighted by Crippen LogP contribution is -2.36. The fraction of sp³-hybridized carbons (Fsp3) is 0.500. The summed E-state index contributed by atoms with van der Waals surface area (Å²) in [7, 11) is 0. The first-order valence-electron chi connectivity index (χ1n) is 6.53. The van der Waals surface area contributed by atoms with Gasteiger partial charge in [0.2, 0.25) is 0 Å². The normalized spacial score (nSPS) is 10.0. The van der Waals surface area contributed by atoms with E-state index in [1.807, 2.05) is 0 Å². The van der Waals surface area contributed by atoms with E-state index < -0.39 is 0 Å². The molecule has 1 amide bonds. The summed E-state index contributed by atoms with van der Waals surface area (Å²) < 4.78 is 17.9. The van der Waals surface area contributed by atoms with Crippen LogP contribution in [0.15, 0.2) is 24.3 Å². The number of carbonyl (C=O) groups excluding carboxylic acids is 1. The Morgan fingerprint density at radius 3 is 2.40 bits per heavy atom. The van der Waals surface area contributed by atoms with Crippen molar-refractivity contribution in [2.24, 2.45) is 0 Å². The number of hydrogen-bond acceptors (Lipinski definition) is 3. The van der Waals surface area contributed by atoms with Gasteiger partial charge < -0.3 is 15.0 Å². The monoisotopic (exact) mass is 304 g/mol. The fourth-order valence-corrected chi connectivity index (χ4v) is 1.62. The molecule has 0 bridgehead atoms. The van der Waals surface area contributed by atoms with Crippen molar-refractivity contribution in [3.63, 3.8) is 0 Å². The average molecular weight is 305 g/mol. The van der Waals surface area contributed by atoms with E-state index in [1.165, 1.54) is 24.3 Å². The van der Waals surface area contributed by atoms with E-state index in [0.717, 1.165) is 19.6 Å². The molecule has 0 heterocycles. The van der Waals surface area contributed by atoms with E-state index in [2.05, 4.69) is 24.1 Å². The smallest absolute Gasteiger partial charge is 0.257 e. The Morgan fingerprint density at radius 2 is 1.85 bits per heavy atom. The molecule has 4 nitrogen and oxygen atoms in total. The Kier molecular flexibility index (Phi) is 9.76. The van der Waals surface area contributed by atoms with Crippen LogP contribution in [0.25, 0.3) is 0 Å². The molecular weight excluding hydrogens is 283 g/mol. The van der Waals surface area contributed by atoms with Gasteiger partial charge in [0.15, 0.2) is 6.61 Å². The highest BCUT2D eigenvalue weighted by molar-refractivity contribution is 5.85. The first-order chi connectivity index (χ1) is 9.15. The van der Waals surface area contributed by atoms with E-state index in [9.17, 15) is 9.18 Å². The van der Waals surface area contributed by atoms with Crippen LogP contribution < -0.4 is 10.1 Å². The Morgan fingerprint density at radius 1 is 1.25 bits per heavy atom. The SMILES string of the molecule is CCN(CC)CCNC(=O)COc1ccc(F)cc1.Cl. The summed E-state index contributed by atoms with van der Waals surface area (Å²) in [6.07, 6.45) is 0. The number of amides is 1. The molecule has 1 N–H and O–H groups in total. The van der Waals surface area contributed by atoms with Crippen molar-refractivity contribution in [1.29, 1.82) is 0 Å². The second-order valence-corrected chi connectivity index (χ2v) is 4.12. The molecule has 6 heteroatoms. The molecule has 20 heavy (non-hydrogen) atoms. The van der Waals surface area contributed by atoms with Gasteiger partial charge in [-0.1, -0.05) is 13.8 Å². The number of carbonyl (C=O) groups is 1. The van der Waals surface area contributed by atoms with Crippen molar-refractivity contribution in [1.82, 2.24) is 10.2 Å². The molecule has 0 unspecified atom stereocenters.